The molecule has 2 aromatic carbocycles. The van der Waals surface area contributed by atoms with Gasteiger partial charge in [0.2, 0.25) is 0 Å². The maximum absolute atomic E-state index is 12.2. The summed E-state index contributed by atoms with van der Waals surface area (Å²) in [6.45, 7) is 2.38. The highest BCUT2D eigenvalue weighted by Gasteiger charge is 2.11. The number of phenolic OH excluding ortho intramolecular Hbond substituents is 1. The van der Waals surface area contributed by atoms with Crippen LogP contribution in [-0.2, 0) is 6.42 Å². The van der Waals surface area contributed by atoms with Gasteiger partial charge < -0.3 is 20.3 Å². The van der Waals surface area contributed by atoms with Crippen LogP contribution < -0.4 is 10.2 Å². The average Bonchev–Trinajstić information content (AvgIpc) is 2.97. The molecule has 0 aliphatic heterocycles. The zero-order valence-corrected chi connectivity index (χ0v) is 16.0. The van der Waals surface area contributed by atoms with E-state index in [2.05, 4.69) is 33.4 Å². The minimum Gasteiger partial charge on any atom is -0.507 e. The van der Waals surface area contributed by atoms with Crippen molar-refractivity contribution < 1.29 is 9.90 Å². The van der Waals surface area contributed by atoms with Crippen LogP contribution in [0.3, 0.4) is 0 Å². The van der Waals surface area contributed by atoms with Crippen molar-refractivity contribution in [3.8, 4) is 5.75 Å². The van der Waals surface area contributed by atoms with Crippen LogP contribution in [0.25, 0.3) is 10.9 Å². The Morgan fingerprint density at radius 3 is 2.65 bits per heavy atom. The molecule has 1 amide bonds. The summed E-state index contributed by atoms with van der Waals surface area (Å²) in [5, 5.41) is 13.9. The standard InChI is InChI=1S/C20H23N3O2.ClH/c1-13-4-6-16(19(24)10-13)20(25)21-9-8-14-12-22-18-7-5-15(23(2)3)11-17(14)18;/h4-7,10-12,22,24H,8-9H2,1-3H3,(H,21,25);1H. The van der Waals surface area contributed by atoms with Crippen LogP contribution in [0.15, 0.2) is 42.6 Å². The number of benzene rings is 2. The lowest BCUT2D eigenvalue weighted by atomic mass is 10.1. The van der Waals surface area contributed by atoms with Crippen LogP contribution in [0.1, 0.15) is 21.5 Å². The average molecular weight is 374 g/mol. The van der Waals surface area contributed by atoms with E-state index in [0.717, 1.165) is 28.8 Å². The molecule has 138 valence electrons. The fraction of sp³-hybridized carbons (Fsp3) is 0.250. The Hall–Kier alpha value is -2.66. The lowest BCUT2D eigenvalue weighted by Crippen LogP contribution is -2.25. The van der Waals surface area contributed by atoms with Crippen molar-refractivity contribution in [2.24, 2.45) is 0 Å². The Balaban J connectivity index is 0.00000243. The number of aromatic nitrogens is 1. The first kappa shape index (κ1) is 19.7. The number of fused-ring (bicyclic) bond motifs is 1. The van der Waals surface area contributed by atoms with Crippen LogP contribution in [0, 0.1) is 6.92 Å². The second-order valence-corrected chi connectivity index (χ2v) is 6.46. The summed E-state index contributed by atoms with van der Waals surface area (Å²) >= 11 is 0. The minimum absolute atomic E-state index is 0. The SMILES string of the molecule is Cc1ccc(C(=O)NCCc2c[nH]c3ccc(N(C)C)cc23)c(O)c1.Cl. The number of nitrogens with zero attached hydrogens (tertiary/aromatic N) is 1. The highest BCUT2D eigenvalue weighted by Crippen LogP contribution is 2.24. The molecule has 0 unspecified atom stereocenters. The van der Waals surface area contributed by atoms with E-state index in [9.17, 15) is 9.90 Å². The van der Waals surface area contributed by atoms with E-state index in [4.69, 9.17) is 0 Å². The van der Waals surface area contributed by atoms with Gasteiger partial charge in [-0.2, -0.15) is 0 Å². The van der Waals surface area contributed by atoms with Crippen LogP contribution in [0.5, 0.6) is 5.75 Å². The van der Waals surface area contributed by atoms with E-state index < -0.39 is 0 Å². The van der Waals surface area contributed by atoms with Gasteiger partial charge in [0.25, 0.3) is 5.91 Å². The Morgan fingerprint density at radius 2 is 1.96 bits per heavy atom. The van der Waals surface area contributed by atoms with Crippen molar-refractivity contribution in [2.45, 2.75) is 13.3 Å². The van der Waals surface area contributed by atoms with Crippen molar-refractivity contribution in [2.75, 3.05) is 25.5 Å². The number of hydrogen-bond acceptors (Lipinski definition) is 3. The predicted octanol–water partition coefficient (Wildman–Crippen LogP) is 3.64. The molecule has 3 rings (SSSR count). The Kier molecular flexibility index (Phi) is 6.16. The minimum atomic E-state index is -0.258. The van der Waals surface area contributed by atoms with Gasteiger partial charge >= 0.3 is 0 Å². The molecular weight excluding hydrogens is 350 g/mol. The molecule has 3 aromatic rings. The first-order valence-electron chi connectivity index (χ1n) is 8.31. The third-order valence-electron chi connectivity index (χ3n) is 4.35. The molecule has 1 aromatic heterocycles. The second kappa shape index (κ2) is 8.15. The summed E-state index contributed by atoms with van der Waals surface area (Å²) in [6.07, 6.45) is 2.70. The number of anilines is 1. The smallest absolute Gasteiger partial charge is 0.255 e. The van der Waals surface area contributed by atoms with E-state index in [1.807, 2.05) is 33.3 Å². The highest BCUT2D eigenvalue weighted by molar-refractivity contribution is 5.97. The van der Waals surface area contributed by atoms with Crippen molar-refractivity contribution in [1.82, 2.24) is 10.3 Å². The molecule has 0 fully saturated rings. The normalized spacial score (nSPS) is 10.4. The van der Waals surface area contributed by atoms with Gasteiger partial charge in [0, 0.05) is 43.4 Å². The number of aryl methyl sites for hydroxylation is 1. The first-order valence-corrected chi connectivity index (χ1v) is 8.31. The van der Waals surface area contributed by atoms with Gasteiger partial charge in [-0.15, -0.1) is 12.4 Å². The van der Waals surface area contributed by atoms with Crippen LogP contribution in [0.2, 0.25) is 0 Å². The van der Waals surface area contributed by atoms with Crippen LogP contribution >= 0.6 is 12.4 Å². The summed E-state index contributed by atoms with van der Waals surface area (Å²) in [7, 11) is 4.03. The number of rotatable bonds is 5. The first-order chi connectivity index (χ1) is 12.0. The van der Waals surface area contributed by atoms with Gasteiger partial charge in [0.05, 0.1) is 5.56 Å². The molecule has 26 heavy (non-hydrogen) atoms. The van der Waals surface area contributed by atoms with Crippen molar-refractivity contribution >= 4 is 34.9 Å². The van der Waals surface area contributed by atoms with Crippen LogP contribution in [0.4, 0.5) is 5.69 Å². The molecule has 5 nitrogen and oxygen atoms in total. The molecular formula is C20H24ClN3O2. The van der Waals surface area contributed by atoms with Crippen LogP contribution in [-0.4, -0.2) is 36.6 Å². The molecule has 0 bridgehead atoms. The Labute approximate surface area is 159 Å². The lowest BCUT2D eigenvalue weighted by Gasteiger charge is -2.12. The van der Waals surface area contributed by atoms with Gasteiger partial charge in [-0.05, 0) is 54.8 Å². The highest BCUT2D eigenvalue weighted by atomic mass is 35.5. The van der Waals surface area contributed by atoms with E-state index >= 15 is 0 Å². The van der Waals surface area contributed by atoms with E-state index in [1.165, 1.54) is 5.39 Å². The van der Waals surface area contributed by atoms with Gasteiger partial charge in [-0.25, -0.2) is 0 Å². The molecule has 0 aliphatic carbocycles. The van der Waals surface area contributed by atoms with Gasteiger partial charge in [0.15, 0.2) is 0 Å². The number of halogens is 1. The molecule has 0 saturated heterocycles. The zero-order valence-electron chi connectivity index (χ0n) is 15.2. The summed E-state index contributed by atoms with van der Waals surface area (Å²) in [5.74, 6) is -0.244. The lowest BCUT2D eigenvalue weighted by molar-refractivity contribution is 0.0951. The number of nitrogens with one attached hydrogen (secondary N) is 2. The number of amides is 1. The molecule has 6 heteroatoms. The van der Waals surface area contributed by atoms with E-state index in [-0.39, 0.29) is 24.1 Å². The molecule has 0 aliphatic rings. The van der Waals surface area contributed by atoms with E-state index in [0.29, 0.717) is 12.1 Å². The van der Waals surface area contributed by atoms with Crippen molar-refractivity contribution in [3.63, 3.8) is 0 Å². The molecule has 3 N–H and O–H groups in total. The molecule has 0 spiro atoms. The molecule has 0 radical (unpaired) electrons. The van der Waals surface area contributed by atoms with Crippen molar-refractivity contribution in [3.05, 3.63) is 59.3 Å². The molecule has 1 heterocycles. The largest absolute Gasteiger partial charge is 0.507 e. The zero-order chi connectivity index (χ0) is 18.0. The molecule has 0 atom stereocenters. The summed E-state index contributed by atoms with van der Waals surface area (Å²) in [6, 6.07) is 11.3. The molecule has 0 saturated carbocycles. The number of aromatic amines is 1. The van der Waals surface area contributed by atoms with E-state index in [1.54, 1.807) is 12.1 Å². The van der Waals surface area contributed by atoms with Gasteiger partial charge in [0.1, 0.15) is 5.75 Å². The third-order valence-corrected chi connectivity index (χ3v) is 4.35. The maximum atomic E-state index is 12.2. The predicted molar refractivity (Wildman–Crippen MR) is 109 cm³/mol. The van der Waals surface area contributed by atoms with Crippen molar-refractivity contribution in [1.29, 1.82) is 0 Å². The third kappa shape index (κ3) is 4.11. The summed E-state index contributed by atoms with van der Waals surface area (Å²) < 4.78 is 0. The number of carbonyl (C=O) groups excluding carboxylic acids is 1. The monoisotopic (exact) mass is 373 g/mol. The number of aromatic hydroxyl groups is 1. The summed E-state index contributed by atoms with van der Waals surface area (Å²) in [4.78, 5) is 17.6. The Bertz CT molecular complexity index is 919. The second-order valence-electron chi connectivity index (χ2n) is 6.46. The number of H-pyrrole nitrogens is 1. The number of carbonyl (C=O) groups is 1. The van der Waals surface area contributed by atoms with Gasteiger partial charge in [-0.1, -0.05) is 6.07 Å². The Morgan fingerprint density at radius 1 is 1.19 bits per heavy atom. The number of phenols is 1. The quantitative estimate of drug-likeness (QED) is 0.639. The fourth-order valence-electron chi connectivity index (χ4n) is 2.89. The number of hydrogen-bond donors (Lipinski definition) is 3. The topological polar surface area (TPSA) is 68.4 Å². The maximum Gasteiger partial charge on any atom is 0.255 e. The fourth-order valence-corrected chi connectivity index (χ4v) is 2.89. The van der Waals surface area contributed by atoms with Gasteiger partial charge in [-0.3, -0.25) is 4.79 Å². The summed E-state index contributed by atoms with van der Waals surface area (Å²) in [5.41, 5.74) is 4.61.